The van der Waals surface area contributed by atoms with E-state index in [2.05, 4.69) is 44.0 Å². The van der Waals surface area contributed by atoms with Gasteiger partial charge in [-0.3, -0.25) is 14.7 Å². The second-order valence-electron chi connectivity index (χ2n) is 9.73. The summed E-state index contributed by atoms with van der Waals surface area (Å²) in [5.74, 6) is 0.681. The Morgan fingerprint density at radius 1 is 1.10 bits per heavy atom. The second-order valence-corrected chi connectivity index (χ2v) is 10.1. The van der Waals surface area contributed by atoms with E-state index < -0.39 is 11.7 Å². The number of hydrogen-bond donors (Lipinski definition) is 1. The molecule has 202 valence electrons. The van der Waals surface area contributed by atoms with Crippen molar-refractivity contribution in [3.63, 3.8) is 0 Å². The molecule has 1 fully saturated rings. The highest BCUT2D eigenvalue weighted by atomic mass is 35.5. The molecule has 0 atom stereocenters. The molecule has 6 rings (SSSR count). The number of nitrogens with zero attached hydrogens (tertiary/aromatic N) is 7. The summed E-state index contributed by atoms with van der Waals surface area (Å²) in [5.41, 5.74) is 3.11. The third-order valence-electron chi connectivity index (χ3n) is 7.20. The maximum absolute atomic E-state index is 14.8. The van der Waals surface area contributed by atoms with Crippen LogP contribution in [0.15, 0.2) is 41.5 Å². The Labute approximate surface area is 230 Å². The minimum absolute atomic E-state index is 0.0364. The van der Waals surface area contributed by atoms with Gasteiger partial charge in [-0.2, -0.15) is 4.98 Å². The van der Waals surface area contributed by atoms with E-state index >= 15 is 0 Å². The fourth-order valence-corrected chi connectivity index (χ4v) is 5.52. The Morgan fingerprint density at radius 2 is 1.90 bits per heavy atom. The van der Waals surface area contributed by atoms with Crippen molar-refractivity contribution in [2.45, 2.75) is 6.92 Å². The third-order valence-corrected chi connectivity index (χ3v) is 7.50. The number of guanidine groups is 1. The Balaban J connectivity index is 1.32. The molecule has 0 unspecified atom stereocenters. The maximum Gasteiger partial charge on any atom is 0.270 e. The van der Waals surface area contributed by atoms with Crippen LogP contribution in [-0.4, -0.2) is 80.2 Å². The molecule has 3 aromatic rings. The molecule has 1 amide bonds. The summed E-state index contributed by atoms with van der Waals surface area (Å²) < 4.78 is 20.6. The first-order valence-electron chi connectivity index (χ1n) is 12.7. The van der Waals surface area contributed by atoms with Crippen LogP contribution in [0, 0.1) is 12.7 Å². The van der Waals surface area contributed by atoms with Gasteiger partial charge in [0, 0.05) is 50.7 Å². The van der Waals surface area contributed by atoms with Crippen molar-refractivity contribution in [3.8, 4) is 5.75 Å². The van der Waals surface area contributed by atoms with E-state index in [4.69, 9.17) is 16.3 Å². The molecule has 2 aromatic carbocycles. The van der Waals surface area contributed by atoms with E-state index in [1.54, 1.807) is 12.0 Å². The molecular weight excluding hydrogens is 523 g/mol. The van der Waals surface area contributed by atoms with Crippen molar-refractivity contribution in [3.05, 3.63) is 58.5 Å². The molecule has 0 aliphatic carbocycles. The number of aryl methyl sites for hydroxylation is 1. The molecule has 3 aliphatic heterocycles. The lowest BCUT2D eigenvalue weighted by Gasteiger charge is -2.36. The Hall–Kier alpha value is -3.96. The predicted molar refractivity (Wildman–Crippen MR) is 151 cm³/mol. The number of rotatable bonds is 5. The number of ether oxygens (including phenoxy) is 1. The molecule has 0 radical (unpaired) electrons. The van der Waals surface area contributed by atoms with E-state index in [1.807, 2.05) is 12.1 Å². The number of fused-ring (bicyclic) bond motifs is 3. The zero-order valence-corrected chi connectivity index (χ0v) is 22.7. The van der Waals surface area contributed by atoms with Crippen LogP contribution in [0.1, 0.15) is 15.9 Å². The lowest BCUT2D eigenvalue weighted by Crippen LogP contribution is -2.51. The van der Waals surface area contributed by atoms with E-state index in [9.17, 15) is 9.18 Å². The monoisotopic (exact) mass is 550 g/mol. The third kappa shape index (κ3) is 4.41. The number of piperazine rings is 1. The van der Waals surface area contributed by atoms with Crippen LogP contribution in [0.2, 0.25) is 5.02 Å². The zero-order chi connectivity index (χ0) is 27.3. The standard InChI is InChI=1S/C27H28ClFN8O2/c1-16-13-17(14-21(39-3)22(16)35-11-9-34(2)10-12-35)32-26-31-15-18-24(33-26)36-8-7-30-27(36)37(25(18)38)23-19(28)5-4-6-20(23)29/h4-6,13-15H,7-12H2,1-3H3,(H,31,32,33). The fourth-order valence-electron chi connectivity index (χ4n) is 5.27. The summed E-state index contributed by atoms with van der Waals surface area (Å²) in [6, 6.07) is 8.26. The number of para-hydroxylation sites is 1. The Morgan fingerprint density at radius 3 is 2.64 bits per heavy atom. The van der Waals surface area contributed by atoms with E-state index in [-0.39, 0.29) is 22.2 Å². The van der Waals surface area contributed by atoms with Gasteiger partial charge in [0.05, 0.1) is 24.4 Å². The van der Waals surface area contributed by atoms with Crippen molar-refractivity contribution < 1.29 is 13.9 Å². The highest BCUT2D eigenvalue weighted by Gasteiger charge is 2.41. The van der Waals surface area contributed by atoms with E-state index in [1.165, 1.54) is 29.3 Å². The normalized spacial score (nSPS) is 17.2. The summed E-state index contributed by atoms with van der Waals surface area (Å²) >= 11 is 6.30. The first-order valence-corrected chi connectivity index (χ1v) is 13.1. The van der Waals surface area contributed by atoms with Gasteiger partial charge in [-0.1, -0.05) is 17.7 Å². The molecule has 12 heteroatoms. The number of carbonyl (C=O) groups excluding carboxylic acids is 1. The second kappa shape index (κ2) is 9.97. The molecule has 4 heterocycles. The quantitative estimate of drug-likeness (QED) is 0.511. The van der Waals surface area contributed by atoms with Gasteiger partial charge >= 0.3 is 0 Å². The number of carbonyl (C=O) groups is 1. The SMILES string of the molecule is COc1cc(Nc2ncc3c(n2)N2CCN=C2N(c2c(F)cccc2Cl)C3=O)cc(C)c1N1CCN(C)CC1. The van der Waals surface area contributed by atoms with Crippen LogP contribution in [0.25, 0.3) is 0 Å². The minimum atomic E-state index is -0.614. The van der Waals surface area contributed by atoms with Gasteiger partial charge in [-0.15, -0.1) is 0 Å². The lowest BCUT2D eigenvalue weighted by molar-refractivity contribution is 0.0999. The molecule has 10 nitrogen and oxygen atoms in total. The van der Waals surface area contributed by atoms with Crippen LogP contribution in [-0.2, 0) is 0 Å². The average molecular weight is 551 g/mol. The van der Waals surface area contributed by atoms with Crippen molar-refractivity contribution in [1.29, 1.82) is 0 Å². The molecule has 3 aliphatic rings. The molecule has 0 spiro atoms. The van der Waals surface area contributed by atoms with Gasteiger partial charge in [0.15, 0.2) is 5.82 Å². The summed E-state index contributed by atoms with van der Waals surface area (Å²) in [6.45, 7) is 6.82. The van der Waals surface area contributed by atoms with Crippen molar-refractivity contribution >= 4 is 52.3 Å². The highest BCUT2D eigenvalue weighted by molar-refractivity contribution is 6.38. The van der Waals surface area contributed by atoms with Gasteiger partial charge in [-0.05, 0) is 37.7 Å². The topological polar surface area (TPSA) is 89.4 Å². The molecule has 0 saturated carbocycles. The largest absolute Gasteiger partial charge is 0.494 e. The van der Waals surface area contributed by atoms with Crippen LogP contribution >= 0.6 is 11.6 Å². The Bertz CT molecular complexity index is 1470. The summed E-state index contributed by atoms with van der Waals surface area (Å²) in [4.78, 5) is 34.7. The predicted octanol–water partition coefficient (Wildman–Crippen LogP) is 3.92. The number of aromatic nitrogens is 2. The van der Waals surface area contributed by atoms with Crippen molar-refractivity contribution in [2.24, 2.45) is 4.99 Å². The molecular formula is C27H28ClFN8O2. The Kier molecular flexibility index (Phi) is 6.48. The number of hydrogen-bond acceptors (Lipinski definition) is 9. The van der Waals surface area contributed by atoms with Gasteiger partial charge < -0.3 is 19.9 Å². The minimum Gasteiger partial charge on any atom is -0.494 e. The van der Waals surface area contributed by atoms with Gasteiger partial charge in [0.25, 0.3) is 5.91 Å². The molecule has 1 aromatic heterocycles. The maximum atomic E-state index is 14.8. The summed E-state index contributed by atoms with van der Waals surface area (Å²) in [6.07, 6.45) is 1.45. The van der Waals surface area contributed by atoms with Crippen LogP contribution in [0.3, 0.4) is 0 Å². The lowest BCUT2D eigenvalue weighted by atomic mass is 10.1. The van der Waals surface area contributed by atoms with E-state index in [0.29, 0.717) is 24.9 Å². The number of likely N-dealkylation sites (N-methyl/N-ethyl adjacent to an activating group) is 1. The molecule has 1 N–H and O–H groups in total. The fraction of sp³-hybridized carbons (Fsp3) is 0.333. The number of amides is 1. The number of methoxy groups -OCH3 is 1. The highest BCUT2D eigenvalue weighted by Crippen LogP contribution is 2.39. The number of aliphatic imine (C=N–C) groups is 1. The van der Waals surface area contributed by atoms with Crippen LogP contribution < -0.4 is 24.8 Å². The molecule has 0 bridgehead atoms. The zero-order valence-electron chi connectivity index (χ0n) is 21.9. The van der Waals surface area contributed by atoms with Crippen LogP contribution in [0.5, 0.6) is 5.75 Å². The first kappa shape index (κ1) is 25.3. The number of anilines is 5. The number of nitrogens with one attached hydrogen (secondary N) is 1. The van der Waals surface area contributed by atoms with Crippen molar-refractivity contribution in [1.82, 2.24) is 14.9 Å². The van der Waals surface area contributed by atoms with E-state index in [0.717, 1.165) is 48.9 Å². The van der Waals surface area contributed by atoms with Crippen molar-refractivity contribution in [2.75, 3.05) is 73.4 Å². The van der Waals surface area contributed by atoms with Gasteiger partial charge in [0.1, 0.15) is 22.8 Å². The average Bonchev–Trinajstić information content (AvgIpc) is 3.40. The summed E-state index contributed by atoms with van der Waals surface area (Å²) in [5, 5.41) is 3.38. The molecule has 39 heavy (non-hydrogen) atoms. The summed E-state index contributed by atoms with van der Waals surface area (Å²) in [7, 11) is 3.80. The number of benzene rings is 2. The van der Waals surface area contributed by atoms with Crippen LogP contribution in [0.4, 0.5) is 33.2 Å². The smallest absolute Gasteiger partial charge is 0.270 e. The van der Waals surface area contributed by atoms with Gasteiger partial charge in [0.2, 0.25) is 11.9 Å². The first-order chi connectivity index (χ1) is 18.9. The molecule has 1 saturated heterocycles. The number of halogens is 2. The van der Waals surface area contributed by atoms with Gasteiger partial charge in [-0.25, -0.2) is 14.3 Å².